The van der Waals surface area contributed by atoms with Gasteiger partial charge in [0.1, 0.15) is 0 Å². The van der Waals surface area contributed by atoms with Crippen molar-refractivity contribution in [1.82, 2.24) is 0 Å². The Morgan fingerprint density at radius 3 is 1.16 bits per heavy atom. The van der Waals surface area contributed by atoms with Gasteiger partial charge >= 0.3 is 0 Å². The summed E-state index contributed by atoms with van der Waals surface area (Å²) in [7, 11) is -0.378. The first-order valence-electron chi connectivity index (χ1n) is 12.4. The lowest BCUT2D eigenvalue weighted by Gasteiger charge is -2.48. The van der Waals surface area contributed by atoms with E-state index < -0.39 is 7.85 Å². The minimum atomic E-state index is -1.40. The van der Waals surface area contributed by atoms with Crippen molar-refractivity contribution < 1.29 is 0 Å². The molecule has 0 amide bonds. The molecule has 0 radical (unpaired) electrons. The van der Waals surface area contributed by atoms with Crippen LogP contribution in [0.15, 0.2) is 140 Å². The second-order valence-electron chi connectivity index (χ2n) is 9.00. The molecule has 0 bridgehead atoms. The van der Waals surface area contributed by atoms with Crippen molar-refractivity contribution in [2.24, 2.45) is 0 Å². The van der Waals surface area contributed by atoms with Crippen LogP contribution in [0.25, 0.3) is 11.1 Å². The Labute approximate surface area is 222 Å². The number of anilines is 3. The molecule has 1 heterocycles. The lowest BCUT2D eigenvalue weighted by atomic mass is 10.1. The van der Waals surface area contributed by atoms with E-state index in [1.165, 1.54) is 44.6 Å². The molecule has 0 saturated carbocycles. The zero-order chi connectivity index (χ0) is 24.6. The van der Waals surface area contributed by atoms with Gasteiger partial charge in [-0.1, -0.05) is 103 Å². The molecule has 1 saturated heterocycles. The standard InChI is InChI=1S/C31H26N3P3/c1-4-14-24(15-5-1)32-35-33(25-16-6-2-7-17-25)37(34(36-32)26-18-8-3-9-19-26)31-29-22-12-10-20-27(29)28-21-11-13-23-30(28)31/h1-23,35-37H. The molecular weight excluding hydrogens is 507 g/mol. The monoisotopic (exact) mass is 533 g/mol. The summed E-state index contributed by atoms with van der Waals surface area (Å²) in [6.45, 7) is 0. The van der Waals surface area contributed by atoms with E-state index in [-0.39, 0.29) is 0 Å². The summed E-state index contributed by atoms with van der Waals surface area (Å²) >= 11 is 0. The van der Waals surface area contributed by atoms with Crippen LogP contribution in [-0.2, 0) is 0 Å². The molecule has 1 fully saturated rings. The fourth-order valence-electron chi connectivity index (χ4n) is 5.11. The van der Waals surface area contributed by atoms with Crippen LogP contribution in [0.3, 0.4) is 0 Å². The Hall–Kier alpha value is -3.34. The number of rotatable bonds is 3. The highest BCUT2D eigenvalue weighted by atomic mass is 31.2. The quantitative estimate of drug-likeness (QED) is 0.211. The zero-order valence-corrected chi connectivity index (χ0v) is 23.1. The summed E-state index contributed by atoms with van der Waals surface area (Å²) in [6.07, 6.45) is 0. The minimum absolute atomic E-state index is 0.513. The highest BCUT2D eigenvalue weighted by molar-refractivity contribution is 7.86. The van der Waals surface area contributed by atoms with Crippen LogP contribution < -0.4 is 13.3 Å². The number of hydrogen-bond donors (Lipinski definition) is 0. The van der Waals surface area contributed by atoms with Gasteiger partial charge < -0.3 is 8.88 Å². The highest BCUT2D eigenvalue weighted by Crippen LogP contribution is 2.65. The van der Waals surface area contributed by atoms with Gasteiger partial charge in [-0.3, -0.25) is 4.44 Å². The molecule has 0 spiro atoms. The number of hydrogen-bond acceptors (Lipinski definition) is 3. The van der Waals surface area contributed by atoms with Gasteiger partial charge in [0.05, 0.1) is 25.6 Å². The van der Waals surface area contributed by atoms with E-state index in [9.17, 15) is 0 Å². The Kier molecular flexibility index (Phi) is 6.07. The third kappa shape index (κ3) is 4.09. The number of fused-ring (bicyclic) bond motifs is 3. The number of para-hydroxylation sites is 3. The molecule has 5 aromatic carbocycles. The van der Waals surface area contributed by atoms with Gasteiger partial charge in [-0.05, 0) is 58.7 Å². The van der Waals surface area contributed by atoms with Crippen LogP contribution >= 0.6 is 25.6 Å². The Bertz CT molecular complexity index is 1490. The van der Waals surface area contributed by atoms with Crippen LogP contribution in [0, 0.1) is 0 Å². The normalized spacial score (nSPS) is 17.8. The van der Waals surface area contributed by atoms with Crippen molar-refractivity contribution in [3.05, 3.63) is 151 Å². The van der Waals surface area contributed by atoms with Gasteiger partial charge in [0, 0.05) is 22.4 Å². The third-order valence-electron chi connectivity index (χ3n) is 6.77. The third-order valence-corrected chi connectivity index (χ3v) is 13.4. The van der Waals surface area contributed by atoms with Gasteiger partial charge in [-0.25, -0.2) is 0 Å². The SMILES string of the molecule is c1ccc(N2PN(c3ccccc3)[PH](=C3c4ccccc4-c4ccccc43)N(c3ccccc3)P2)cc1. The van der Waals surface area contributed by atoms with Gasteiger partial charge in [0.25, 0.3) is 0 Å². The first-order chi connectivity index (χ1) is 18.4. The van der Waals surface area contributed by atoms with Gasteiger partial charge in [-0.15, -0.1) is 0 Å². The molecule has 1 aliphatic heterocycles. The van der Waals surface area contributed by atoms with Crippen LogP contribution in [0.5, 0.6) is 0 Å². The largest absolute Gasteiger partial charge is 0.300 e. The van der Waals surface area contributed by atoms with E-state index in [1.54, 1.807) is 0 Å². The van der Waals surface area contributed by atoms with Crippen molar-refractivity contribution >= 4 is 48.0 Å². The van der Waals surface area contributed by atoms with Crippen LogP contribution in [-0.4, -0.2) is 5.29 Å². The molecule has 3 nitrogen and oxygen atoms in total. The molecule has 0 aromatic heterocycles. The predicted molar refractivity (Wildman–Crippen MR) is 167 cm³/mol. The van der Waals surface area contributed by atoms with Crippen molar-refractivity contribution in [1.29, 1.82) is 0 Å². The molecule has 180 valence electrons. The summed E-state index contributed by atoms with van der Waals surface area (Å²) in [5.41, 5.74) is 9.27. The average Bonchev–Trinajstić information content (AvgIpc) is 3.32. The minimum Gasteiger partial charge on any atom is -0.300 e. The van der Waals surface area contributed by atoms with Crippen LogP contribution in [0.4, 0.5) is 17.1 Å². The maximum atomic E-state index is 2.69. The van der Waals surface area contributed by atoms with E-state index in [0.717, 1.165) is 0 Å². The van der Waals surface area contributed by atoms with E-state index in [0.29, 0.717) is 17.8 Å². The Morgan fingerprint density at radius 1 is 0.378 bits per heavy atom. The van der Waals surface area contributed by atoms with E-state index in [2.05, 4.69) is 153 Å². The summed E-state index contributed by atoms with van der Waals surface area (Å²) < 4.78 is 7.92. The second-order valence-corrected chi connectivity index (χ2v) is 14.6. The van der Waals surface area contributed by atoms with Crippen LogP contribution in [0.1, 0.15) is 11.1 Å². The van der Waals surface area contributed by atoms with Gasteiger partial charge in [-0.2, -0.15) is 0 Å². The fraction of sp³-hybridized carbons (Fsp3) is 0. The lowest BCUT2D eigenvalue weighted by Crippen LogP contribution is -2.28. The van der Waals surface area contributed by atoms with Crippen molar-refractivity contribution in [2.45, 2.75) is 0 Å². The lowest BCUT2D eigenvalue weighted by molar-refractivity contribution is 1.46. The molecule has 1 aliphatic carbocycles. The zero-order valence-electron chi connectivity index (χ0n) is 20.1. The highest BCUT2D eigenvalue weighted by Gasteiger charge is 2.35. The number of nitrogens with zero attached hydrogens (tertiary/aromatic N) is 3. The molecule has 7 rings (SSSR count). The summed E-state index contributed by atoms with van der Waals surface area (Å²) in [5.74, 6) is 0. The maximum Gasteiger partial charge on any atom is 0.0891 e. The van der Waals surface area contributed by atoms with Gasteiger partial charge in [0.2, 0.25) is 0 Å². The fourth-order valence-corrected chi connectivity index (χ4v) is 13.2. The first kappa shape index (κ1) is 22.8. The molecule has 2 unspecified atom stereocenters. The topological polar surface area (TPSA) is 9.72 Å². The van der Waals surface area contributed by atoms with Crippen LogP contribution in [0.2, 0.25) is 0 Å². The van der Waals surface area contributed by atoms with Gasteiger partial charge in [0.15, 0.2) is 0 Å². The van der Waals surface area contributed by atoms with E-state index in [4.69, 9.17) is 0 Å². The van der Waals surface area contributed by atoms with Crippen molar-refractivity contribution in [2.75, 3.05) is 13.3 Å². The molecule has 6 heteroatoms. The van der Waals surface area contributed by atoms with Crippen molar-refractivity contribution in [3.8, 4) is 11.1 Å². The molecule has 2 aliphatic rings. The molecule has 5 aromatic rings. The average molecular weight is 533 g/mol. The van der Waals surface area contributed by atoms with E-state index in [1.807, 2.05) is 0 Å². The summed E-state index contributed by atoms with van der Waals surface area (Å²) in [4.78, 5) is 0. The molecule has 2 atom stereocenters. The van der Waals surface area contributed by atoms with Crippen molar-refractivity contribution in [3.63, 3.8) is 0 Å². The predicted octanol–water partition coefficient (Wildman–Crippen LogP) is 8.83. The first-order valence-corrected chi connectivity index (χ1v) is 15.6. The second kappa shape index (κ2) is 9.85. The smallest absolute Gasteiger partial charge is 0.0891 e. The maximum absolute atomic E-state index is 2.69. The summed E-state index contributed by atoms with van der Waals surface area (Å²) in [5, 5.41) is 1.48. The Balaban J connectivity index is 1.52. The van der Waals surface area contributed by atoms with E-state index >= 15 is 0 Å². The molecular formula is C31H26N3P3. The Morgan fingerprint density at radius 2 is 0.730 bits per heavy atom. The summed E-state index contributed by atoms with van der Waals surface area (Å²) in [6, 6.07) is 50.7. The molecule has 0 N–H and O–H groups in total. The number of benzene rings is 5. The molecule has 37 heavy (non-hydrogen) atoms.